The van der Waals surface area contributed by atoms with E-state index >= 15 is 0 Å². The Kier molecular flexibility index (Phi) is 5.67. The lowest BCUT2D eigenvalue weighted by atomic mass is 10.3. The van der Waals surface area contributed by atoms with E-state index in [0.717, 1.165) is 25.1 Å². The van der Waals surface area contributed by atoms with E-state index < -0.39 is 0 Å². The van der Waals surface area contributed by atoms with Crippen molar-refractivity contribution in [3.05, 3.63) is 29.3 Å². The van der Waals surface area contributed by atoms with E-state index in [-0.39, 0.29) is 0 Å². The van der Waals surface area contributed by atoms with E-state index in [2.05, 4.69) is 22.7 Å². The standard InChI is InChI=1S/C11H17ClN4/c1-2-3-8-14-11(16-13)15-10-6-4-9(12)5-7-10/h4-7H,2-3,8,13H2,1H3,(H2,14,15,16). The average molecular weight is 241 g/mol. The predicted molar refractivity (Wildman–Crippen MR) is 69.6 cm³/mol. The molecule has 0 spiro atoms. The summed E-state index contributed by atoms with van der Waals surface area (Å²) in [6.07, 6.45) is 2.16. The number of anilines is 1. The van der Waals surface area contributed by atoms with Gasteiger partial charge in [0.2, 0.25) is 5.96 Å². The first-order chi connectivity index (χ1) is 7.76. The Labute approximate surface area is 101 Å². The van der Waals surface area contributed by atoms with E-state index in [0.29, 0.717) is 11.0 Å². The molecule has 0 fully saturated rings. The molecule has 0 aliphatic carbocycles. The molecule has 0 atom stereocenters. The molecule has 16 heavy (non-hydrogen) atoms. The third-order valence-electron chi connectivity index (χ3n) is 2.03. The number of hydrazine groups is 1. The van der Waals surface area contributed by atoms with Gasteiger partial charge in [-0.05, 0) is 30.7 Å². The number of hydrogen-bond donors (Lipinski definition) is 3. The lowest BCUT2D eigenvalue weighted by Gasteiger charge is -2.08. The van der Waals surface area contributed by atoms with Crippen molar-refractivity contribution >= 4 is 23.2 Å². The first kappa shape index (κ1) is 12.8. The fraction of sp³-hybridized carbons (Fsp3) is 0.364. The highest BCUT2D eigenvalue weighted by Gasteiger charge is 1.97. The topological polar surface area (TPSA) is 62.4 Å². The summed E-state index contributed by atoms with van der Waals surface area (Å²) in [6.45, 7) is 2.88. The average Bonchev–Trinajstić information content (AvgIpc) is 2.31. The van der Waals surface area contributed by atoms with Gasteiger partial charge in [-0.1, -0.05) is 24.9 Å². The van der Waals surface area contributed by atoms with Crippen LogP contribution >= 0.6 is 11.6 Å². The monoisotopic (exact) mass is 240 g/mol. The number of unbranched alkanes of at least 4 members (excludes halogenated alkanes) is 1. The fourth-order valence-electron chi connectivity index (χ4n) is 1.14. The smallest absolute Gasteiger partial charge is 0.210 e. The van der Waals surface area contributed by atoms with Crippen molar-refractivity contribution < 1.29 is 0 Å². The van der Waals surface area contributed by atoms with Crippen molar-refractivity contribution in [2.45, 2.75) is 19.8 Å². The van der Waals surface area contributed by atoms with E-state index in [4.69, 9.17) is 17.4 Å². The number of guanidine groups is 1. The Bertz CT molecular complexity index is 334. The van der Waals surface area contributed by atoms with Crippen molar-refractivity contribution in [1.29, 1.82) is 0 Å². The fourth-order valence-corrected chi connectivity index (χ4v) is 1.27. The minimum atomic E-state index is 0.566. The summed E-state index contributed by atoms with van der Waals surface area (Å²) in [6, 6.07) is 7.36. The molecule has 0 aromatic heterocycles. The first-order valence-corrected chi connectivity index (χ1v) is 5.67. The van der Waals surface area contributed by atoms with Crippen LogP contribution in [0.25, 0.3) is 0 Å². The first-order valence-electron chi connectivity index (χ1n) is 5.30. The second kappa shape index (κ2) is 7.09. The number of nitrogens with one attached hydrogen (secondary N) is 2. The maximum atomic E-state index is 5.79. The van der Waals surface area contributed by atoms with E-state index in [1.165, 1.54) is 0 Å². The summed E-state index contributed by atoms with van der Waals surface area (Å²) < 4.78 is 0. The number of hydrogen-bond acceptors (Lipinski definition) is 2. The third kappa shape index (κ3) is 4.51. The van der Waals surface area contributed by atoms with E-state index in [1.54, 1.807) is 0 Å². The van der Waals surface area contributed by atoms with Crippen LogP contribution in [0, 0.1) is 0 Å². The van der Waals surface area contributed by atoms with Crippen molar-refractivity contribution in [3.63, 3.8) is 0 Å². The quantitative estimate of drug-likeness (QED) is 0.249. The van der Waals surface area contributed by atoms with Crippen LogP contribution in [0.2, 0.25) is 5.02 Å². The zero-order valence-corrected chi connectivity index (χ0v) is 10.1. The van der Waals surface area contributed by atoms with Crippen LogP contribution in [0.15, 0.2) is 29.3 Å². The van der Waals surface area contributed by atoms with E-state index in [1.807, 2.05) is 24.3 Å². The molecule has 0 aliphatic rings. The summed E-state index contributed by atoms with van der Waals surface area (Å²) in [4.78, 5) is 4.29. The maximum absolute atomic E-state index is 5.79. The van der Waals surface area contributed by atoms with Gasteiger partial charge in [0.25, 0.3) is 0 Å². The summed E-state index contributed by atoms with van der Waals surface area (Å²) in [7, 11) is 0. The highest BCUT2D eigenvalue weighted by Crippen LogP contribution is 2.12. The zero-order valence-electron chi connectivity index (χ0n) is 9.33. The molecule has 1 rings (SSSR count). The normalized spacial score (nSPS) is 11.3. The number of rotatable bonds is 4. The zero-order chi connectivity index (χ0) is 11.8. The molecule has 0 bridgehead atoms. The summed E-state index contributed by atoms with van der Waals surface area (Å²) in [5.74, 6) is 5.93. The summed E-state index contributed by atoms with van der Waals surface area (Å²) >= 11 is 5.79. The molecule has 1 aromatic rings. The molecule has 88 valence electrons. The molecule has 0 heterocycles. The maximum Gasteiger partial charge on any atom is 0.210 e. The number of halogens is 1. The molecular weight excluding hydrogens is 224 g/mol. The predicted octanol–water partition coefficient (Wildman–Crippen LogP) is 2.37. The van der Waals surface area contributed by atoms with Gasteiger partial charge in [-0.2, -0.15) is 0 Å². The van der Waals surface area contributed by atoms with Crippen LogP contribution in [-0.2, 0) is 0 Å². The second-order valence-corrected chi connectivity index (χ2v) is 3.80. The van der Waals surface area contributed by atoms with E-state index in [9.17, 15) is 0 Å². The molecule has 1 aromatic carbocycles. The van der Waals surface area contributed by atoms with Crippen LogP contribution in [-0.4, -0.2) is 12.5 Å². The van der Waals surface area contributed by atoms with Gasteiger partial charge in [-0.25, -0.2) is 5.84 Å². The molecule has 0 saturated heterocycles. The molecule has 0 saturated carbocycles. The lowest BCUT2D eigenvalue weighted by molar-refractivity contribution is 0.801. The van der Waals surface area contributed by atoms with Gasteiger partial charge in [0.15, 0.2) is 0 Å². The van der Waals surface area contributed by atoms with Crippen LogP contribution in [0.5, 0.6) is 0 Å². The Hall–Kier alpha value is -1.26. The SMILES string of the molecule is CCCCN=C(NN)Nc1ccc(Cl)cc1. The lowest BCUT2D eigenvalue weighted by Crippen LogP contribution is -2.36. The minimum Gasteiger partial charge on any atom is -0.325 e. The van der Waals surface area contributed by atoms with Gasteiger partial charge in [0, 0.05) is 17.3 Å². The summed E-state index contributed by atoms with van der Waals surface area (Å²) in [5.41, 5.74) is 3.43. The second-order valence-electron chi connectivity index (χ2n) is 3.36. The Balaban J connectivity index is 2.55. The van der Waals surface area contributed by atoms with Gasteiger partial charge in [-0.3, -0.25) is 10.4 Å². The van der Waals surface area contributed by atoms with Crippen LogP contribution in [0.4, 0.5) is 5.69 Å². The number of benzene rings is 1. The molecule has 4 N–H and O–H groups in total. The highest BCUT2D eigenvalue weighted by molar-refractivity contribution is 6.30. The molecule has 0 unspecified atom stereocenters. The van der Waals surface area contributed by atoms with Crippen molar-refractivity contribution in [2.24, 2.45) is 10.8 Å². The Morgan fingerprint density at radius 3 is 2.62 bits per heavy atom. The van der Waals surface area contributed by atoms with Crippen molar-refractivity contribution in [2.75, 3.05) is 11.9 Å². The highest BCUT2D eigenvalue weighted by atomic mass is 35.5. The number of nitrogens with two attached hydrogens (primary N) is 1. The van der Waals surface area contributed by atoms with Gasteiger partial charge in [0.05, 0.1) is 0 Å². The van der Waals surface area contributed by atoms with Crippen LogP contribution < -0.4 is 16.6 Å². The largest absolute Gasteiger partial charge is 0.325 e. The molecular formula is C11H17ClN4. The van der Waals surface area contributed by atoms with Crippen molar-refractivity contribution in [1.82, 2.24) is 5.43 Å². The molecule has 0 radical (unpaired) electrons. The minimum absolute atomic E-state index is 0.566. The van der Waals surface area contributed by atoms with Gasteiger partial charge >= 0.3 is 0 Å². The number of nitrogens with zero attached hydrogens (tertiary/aromatic N) is 1. The third-order valence-corrected chi connectivity index (χ3v) is 2.28. The Morgan fingerprint density at radius 2 is 2.06 bits per heavy atom. The molecule has 5 heteroatoms. The van der Waals surface area contributed by atoms with Gasteiger partial charge in [0.1, 0.15) is 0 Å². The van der Waals surface area contributed by atoms with Crippen molar-refractivity contribution in [3.8, 4) is 0 Å². The van der Waals surface area contributed by atoms with Crippen LogP contribution in [0.3, 0.4) is 0 Å². The Morgan fingerprint density at radius 1 is 1.38 bits per heavy atom. The molecule has 4 nitrogen and oxygen atoms in total. The molecule has 0 aliphatic heterocycles. The number of aliphatic imine (C=N–C) groups is 1. The van der Waals surface area contributed by atoms with Crippen LogP contribution in [0.1, 0.15) is 19.8 Å². The molecule has 0 amide bonds. The van der Waals surface area contributed by atoms with Gasteiger partial charge in [-0.15, -0.1) is 0 Å². The van der Waals surface area contributed by atoms with Gasteiger partial charge < -0.3 is 5.32 Å². The summed E-state index contributed by atoms with van der Waals surface area (Å²) in [5, 5.41) is 3.77.